The molecule has 132 valence electrons. The number of hydrogen-bond acceptors (Lipinski definition) is 4. The predicted octanol–water partition coefficient (Wildman–Crippen LogP) is 2.47. The lowest BCUT2D eigenvalue weighted by Gasteiger charge is -2.43. The van der Waals surface area contributed by atoms with E-state index in [2.05, 4.69) is 5.32 Å². The van der Waals surface area contributed by atoms with Crippen molar-refractivity contribution >= 4 is 5.91 Å². The molecule has 1 N–H and O–H groups in total. The Morgan fingerprint density at radius 2 is 2.17 bits per heavy atom. The molecule has 2 fully saturated rings. The Kier molecular flexibility index (Phi) is 5.74. The summed E-state index contributed by atoms with van der Waals surface area (Å²) in [5, 5.41) is 3.20. The number of ether oxygens (including phenoxy) is 3. The second-order valence-corrected chi connectivity index (χ2v) is 6.75. The molecule has 0 radical (unpaired) electrons. The van der Waals surface area contributed by atoms with E-state index in [1.807, 2.05) is 24.3 Å². The Hall–Kier alpha value is -1.59. The van der Waals surface area contributed by atoms with E-state index in [0.717, 1.165) is 63.2 Å². The Bertz CT molecular complexity index is 549. The van der Waals surface area contributed by atoms with E-state index in [4.69, 9.17) is 14.2 Å². The zero-order valence-electron chi connectivity index (χ0n) is 14.4. The van der Waals surface area contributed by atoms with Crippen LogP contribution in [0.25, 0.3) is 0 Å². The van der Waals surface area contributed by atoms with Crippen LogP contribution < -0.4 is 10.1 Å². The van der Waals surface area contributed by atoms with Gasteiger partial charge in [0, 0.05) is 32.3 Å². The van der Waals surface area contributed by atoms with Gasteiger partial charge in [0.15, 0.2) is 0 Å². The lowest BCUT2D eigenvalue weighted by molar-refractivity contribution is -0.144. The number of carbonyl (C=O) groups is 1. The summed E-state index contributed by atoms with van der Waals surface area (Å²) in [7, 11) is 1.66. The third kappa shape index (κ3) is 4.48. The third-order valence-electron chi connectivity index (χ3n) is 5.04. The maximum absolute atomic E-state index is 12.3. The van der Waals surface area contributed by atoms with Crippen LogP contribution in [-0.4, -0.2) is 44.5 Å². The second-order valence-electron chi connectivity index (χ2n) is 6.75. The van der Waals surface area contributed by atoms with E-state index in [0.29, 0.717) is 6.42 Å². The van der Waals surface area contributed by atoms with Crippen molar-refractivity contribution in [3.05, 3.63) is 29.8 Å². The first kappa shape index (κ1) is 17.2. The van der Waals surface area contributed by atoms with E-state index in [9.17, 15) is 4.79 Å². The van der Waals surface area contributed by atoms with Crippen molar-refractivity contribution in [1.82, 2.24) is 5.32 Å². The largest absolute Gasteiger partial charge is 0.497 e. The van der Waals surface area contributed by atoms with Crippen LogP contribution in [0.5, 0.6) is 5.75 Å². The first-order valence-electron chi connectivity index (χ1n) is 8.83. The highest BCUT2D eigenvalue weighted by Gasteiger charge is 2.39. The van der Waals surface area contributed by atoms with Gasteiger partial charge in [-0.05, 0) is 49.8 Å². The number of methoxy groups -OCH3 is 1. The summed E-state index contributed by atoms with van der Waals surface area (Å²) in [6.07, 6.45) is 4.90. The molecule has 5 heteroatoms. The molecule has 1 atom stereocenters. The van der Waals surface area contributed by atoms with Gasteiger partial charge in [-0.15, -0.1) is 0 Å². The number of benzene rings is 1. The smallest absolute Gasteiger partial charge is 0.220 e. The first-order chi connectivity index (χ1) is 11.7. The van der Waals surface area contributed by atoms with Crippen molar-refractivity contribution in [1.29, 1.82) is 0 Å². The molecule has 1 aromatic carbocycles. The van der Waals surface area contributed by atoms with Crippen molar-refractivity contribution in [3.63, 3.8) is 0 Å². The Morgan fingerprint density at radius 3 is 2.96 bits per heavy atom. The quantitative estimate of drug-likeness (QED) is 0.899. The van der Waals surface area contributed by atoms with Gasteiger partial charge in [0.05, 0.1) is 12.7 Å². The summed E-state index contributed by atoms with van der Waals surface area (Å²) in [6.45, 7) is 2.24. The first-order valence-corrected chi connectivity index (χ1v) is 8.83. The van der Waals surface area contributed by atoms with Gasteiger partial charge < -0.3 is 19.5 Å². The minimum absolute atomic E-state index is 0.0821. The molecule has 2 aliphatic rings. The van der Waals surface area contributed by atoms with Crippen molar-refractivity contribution in [2.24, 2.45) is 0 Å². The molecule has 1 unspecified atom stereocenters. The molecule has 1 amide bonds. The molecule has 5 nitrogen and oxygen atoms in total. The molecule has 1 spiro atoms. The number of carbonyl (C=O) groups excluding carboxylic acids is 1. The van der Waals surface area contributed by atoms with Crippen molar-refractivity contribution < 1.29 is 19.0 Å². The highest BCUT2D eigenvalue weighted by Crippen LogP contribution is 2.34. The van der Waals surface area contributed by atoms with Crippen LogP contribution in [-0.2, 0) is 20.7 Å². The standard InChI is InChI=1S/C19H27NO4/c1-22-17-4-2-3-15(13-17)5-6-18(21)20-16-7-10-24-19(14-16)8-11-23-12-9-19/h2-4,13,16H,5-12,14H2,1H3,(H,20,21). The molecule has 24 heavy (non-hydrogen) atoms. The topological polar surface area (TPSA) is 56.8 Å². The highest BCUT2D eigenvalue weighted by molar-refractivity contribution is 5.76. The molecule has 2 saturated heterocycles. The number of nitrogens with one attached hydrogen (secondary N) is 1. The fraction of sp³-hybridized carbons (Fsp3) is 0.632. The molecule has 2 heterocycles. The van der Waals surface area contributed by atoms with Gasteiger partial charge >= 0.3 is 0 Å². The van der Waals surface area contributed by atoms with Gasteiger partial charge in [-0.25, -0.2) is 0 Å². The summed E-state index contributed by atoms with van der Waals surface area (Å²) < 4.78 is 16.7. The van der Waals surface area contributed by atoms with Gasteiger partial charge in [-0.3, -0.25) is 4.79 Å². The minimum Gasteiger partial charge on any atom is -0.497 e. The van der Waals surface area contributed by atoms with Crippen LogP contribution in [0.1, 0.15) is 37.7 Å². The molecule has 2 aliphatic heterocycles. The second kappa shape index (κ2) is 7.99. The van der Waals surface area contributed by atoms with Crippen molar-refractivity contribution in [2.75, 3.05) is 26.9 Å². The van der Waals surface area contributed by atoms with Crippen molar-refractivity contribution in [2.45, 2.75) is 50.2 Å². The fourth-order valence-corrected chi connectivity index (χ4v) is 3.63. The molecule has 0 aromatic heterocycles. The van der Waals surface area contributed by atoms with Crippen LogP contribution in [0.15, 0.2) is 24.3 Å². The lowest BCUT2D eigenvalue weighted by atomic mass is 9.84. The fourth-order valence-electron chi connectivity index (χ4n) is 3.63. The third-order valence-corrected chi connectivity index (χ3v) is 5.04. The zero-order valence-corrected chi connectivity index (χ0v) is 14.4. The summed E-state index contributed by atoms with van der Waals surface area (Å²) >= 11 is 0. The Morgan fingerprint density at radius 1 is 1.33 bits per heavy atom. The molecule has 3 rings (SSSR count). The molecular weight excluding hydrogens is 306 g/mol. The van der Waals surface area contributed by atoms with Crippen LogP contribution in [0.4, 0.5) is 0 Å². The monoisotopic (exact) mass is 333 g/mol. The maximum Gasteiger partial charge on any atom is 0.220 e. The molecule has 0 saturated carbocycles. The van der Waals surface area contributed by atoms with Crippen LogP contribution in [0.3, 0.4) is 0 Å². The summed E-state index contributed by atoms with van der Waals surface area (Å²) in [6, 6.07) is 8.10. The van der Waals surface area contributed by atoms with Crippen LogP contribution in [0, 0.1) is 0 Å². The molecule has 0 aliphatic carbocycles. The van der Waals surface area contributed by atoms with E-state index in [1.165, 1.54) is 0 Å². The van der Waals surface area contributed by atoms with Gasteiger partial charge in [-0.1, -0.05) is 12.1 Å². The molecule has 1 aromatic rings. The van der Waals surface area contributed by atoms with E-state index < -0.39 is 0 Å². The predicted molar refractivity (Wildman–Crippen MR) is 91.2 cm³/mol. The lowest BCUT2D eigenvalue weighted by Crippen LogP contribution is -2.51. The Balaban J connectivity index is 1.47. The molecule has 0 bridgehead atoms. The summed E-state index contributed by atoms with van der Waals surface area (Å²) in [4.78, 5) is 12.3. The van der Waals surface area contributed by atoms with E-state index in [1.54, 1.807) is 7.11 Å². The summed E-state index contributed by atoms with van der Waals surface area (Å²) in [5.74, 6) is 0.950. The minimum atomic E-state index is -0.0821. The van der Waals surface area contributed by atoms with Gasteiger partial charge in [0.2, 0.25) is 5.91 Å². The van der Waals surface area contributed by atoms with E-state index in [-0.39, 0.29) is 17.6 Å². The van der Waals surface area contributed by atoms with E-state index >= 15 is 0 Å². The number of amides is 1. The van der Waals surface area contributed by atoms with Gasteiger partial charge in [-0.2, -0.15) is 0 Å². The van der Waals surface area contributed by atoms with Crippen molar-refractivity contribution in [3.8, 4) is 5.75 Å². The van der Waals surface area contributed by atoms with Crippen LogP contribution in [0.2, 0.25) is 0 Å². The molecular formula is C19H27NO4. The van der Waals surface area contributed by atoms with Gasteiger partial charge in [0.1, 0.15) is 5.75 Å². The van der Waals surface area contributed by atoms with Gasteiger partial charge in [0.25, 0.3) is 0 Å². The summed E-state index contributed by atoms with van der Waals surface area (Å²) in [5.41, 5.74) is 1.04. The highest BCUT2D eigenvalue weighted by atomic mass is 16.5. The van der Waals surface area contributed by atoms with Crippen LogP contribution >= 0.6 is 0 Å². The Labute approximate surface area is 143 Å². The number of aryl methyl sites for hydroxylation is 1. The normalized spacial score (nSPS) is 23.0. The SMILES string of the molecule is COc1cccc(CCC(=O)NC2CCOC3(CCOCC3)C2)c1. The average molecular weight is 333 g/mol. The number of hydrogen-bond donors (Lipinski definition) is 1. The zero-order chi connectivity index (χ0) is 16.8. The average Bonchev–Trinajstić information content (AvgIpc) is 2.61. The maximum atomic E-state index is 12.3. The number of rotatable bonds is 5.